The van der Waals surface area contributed by atoms with Gasteiger partial charge in [0, 0.05) is 5.38 Å². The lowest BCUT2D eigenvalue weighted by Crippen LogP contribution is -2.22. The first-order chi connectivity index (χ1) is 12.6. The second-order valence-corrected chi connectivity index (χ2v) is 5.86. The Hall–Kier alpha value is -4.13. The van der Waals surface area contributed by atoms with Crippen LogP contribution in [0.25, 0.3) is 4.83 Å². The topological polar surface area (TPSA) is 143 Å². The van der Waals surface area contributed by atoms with Gasteiger partial charge in [-0.25, -0.2) is 0 Å². The van der Waals surface area contributed by atoms with Crippen LogP contribution < -0.4 is 16.7 Å². The zero-order valence-electron chi connectivity index (χ0n) is 13.1. The predicted octanol–water partition coefficient (Wildman–Crippen LogP) is 2.03. The second kappa shape index (κ2) is 6.78. The molecule has 0 aliphatic rings. The van der Waals surface area contributed by atoms with Gasteiger partial charge >= 0.3 is 0 Å². The number of para-hydroxylation sites is 1. The zero-order chi connectivity index (χ0) is 18.7. The molecular weight excluding hydrogens is 350 g/mol. The molecule has 8 nitrogen and oxygen atoms in total. The molecule has 0 bridgehead atoms. The number of hydrogen-bond acceptors (Lipinski definition) is 8. The number of nitrogens with two attached hydrogens (primary N) is 1. The average molecular weight is 359 g/mol. The monoisotopic (exact) mass is 359 g/mol. The number of aromatic nitrogens is 1. The van der Waals surface area contributed by atoms with Crippen LogP contribution in [-0.2, 0) is 0 Å². The van der Waals surface area contributed by atoms with Crippen LogP contribution in [0.3, 0.4) is 0 Å². The van der Waals surface area contributed by atoms with E-state index in [4.69, 9.17) is 5.73 Å². The number of pyridine rings is 1. The summed E-state index contributed by atoms with van der Waals surface area (Å²) < 4.78 is 1.12. The zero-order valence-corrected chi connectivity index (χ0v) is 13.9. The van der Waals surface area contributed by atoms with Crippen LogP contribution in [0.15, 0.2) is 45.6 Å². The summed E-state index contributed by atoms with van der Waals surface area (Å²) in [5, 5.41) is 33.5. The quantitative estimate of drug-likeness (QED) is 0.541. The lowest BCUT2D eigenvalue weighted by atomic mass is 10.1. The maximum Gasteiger partial charge on any atom is 0.276 e. The van der Waals surface area contributed by atoms with E-state index in [0.717, 1.165) is 15.7 Å². The van der Waals surface area contributed by atoms with E-state index in [1.54, 1.807) is 30.3 Å². The van der Waals surface area contributed by atoms with Crippen molar-refractivity contribution >= 4 is 33.3 Å². The average Bonchev–Trinajstić information content (AvgIpc) is 3.09. The molecule has 0 unspecified atom stereocenters. The number of anilines is 2. The lowest BCUT2D eigenvalue weighted by Gasteiger charge is -2.05. The van der Waals surface area contributed by atoms with Gasteiger partial charge in [-0.2, -0.15) is 20.9 Å². The molecule has 9 heteroatoms. The van der Waals surface area contributed by atoms with Crippen molar-refractivity contribution in [3.05, 3.63) is 62.9 Å². The standard InChI is InChI=1S/C17H9N7OS/c18-6-11-15(21)12(7-19)17-24(16(11)25)14(9-26-17)13(8-20)23-22-10-4-2-1-3-5-10/h1-5,9,22H,21H2/b23-13-. The fraction of sp³-hybridized carbons (Fsp3) is 0. The Bertz CT molecular complexity index is 1220. The Morgan fingerprint density at radius 2 is 1.85 bits per heavy atom. The molecule has 0 spiro atoms. The molecule has 3 aromatic rings. The van der Waals surface area contributed by atoms with E-state index >= 15 is 0 Å². The van der Waals surface area contributed by atoms with Crippen molar-refractivity contribution < 1.29 is 0 Å². The number of hydrazone groups is 1. The first kappa shape index (κ1) is 16.7. The molecule has 1 aromatic carbocycles. The molecule has 0 amide bonds. The summed E-state index contributed by atoms with van der Waals surface area (Å²) in [6, 6.07) is 14.5. The van der Waals surface area contributed by atoms with Gasteiger partial charge in [-0.3, -0.25) is 14.6 Å². The number of thiazole rings is 1. The highest BCUT2D eigenvalue weighted by Gasteiger charge is 2.21. The number of fused-ring (bicyclic) bond motifs is 1. The normalized spacial score (nSPS) is 10.7. The van der Waals surface area contributed by atoms with Crippen LogP contribution in [0, 0.1) is 34.0 Å². The molecule has 2 heterocycles. The number of hydrogen-bond donors (Lipinski definition) is 2. The van der Waals surface area contributed by atoms with Crippen LogP contribution in [0.5, 0.6) is 0 Å². The van der Waals surface area contributed by atoms with Gasteiger partial charge in [-0.1, -0.05) is 18.2 Å². The molecule has 0 aliphatic heterocycles. The Kier molecular flexibility index (Phi) is 4.36. The molecule has 0 radical (unpaired) electrons. The van der Waals surface area contributed by atoms with E-state index in [-0.39, 0.29) is 33.1 Å². The fourth-order valence-electron chi connectivity index (χ4n) is 2.32. The van der Waals surface area contributed by atoms with Crippen molar-refractivity contribution in [1.82, 2.24) is 4.40 Å². The third kappa shape index (κ3) is 2.63. The molecule has 0 saturated carbocycles. The summed E-state index contributed by atoms with van der Waals surface area (Å²) in [5.74, 6) is 0. The van der Waals surface area contributed by atoms with Crippen molar-refractivity contribution in [2.45, 2.75) is 0 Å². The molecule has 26 heavy (non-hydrogen) atoms. The second-order valence-electron chi connectivity index (χ2n) is 5.00. The molecule has 124 valence electrons. The van der Waals surface area contributed by atoms with Crippen molar-refractivity contribution in [2.24, 2.45) is 5.10 Å². The van der Waals surface area contributed by atoms with Gasteiger partial charge in [0.05, 0.1) is 17.1 Å². The molecule has 3 N–H and O–H groups in total. The number of rotatable bonds is 3. The summed E-state index contributed by atoms with van der Waals surface area (Å²) in [5.41, 5.74) is 8.09. The Morgan fingerprint density at radius 3 is 2.46 bits per heavy atom. The summed E-state index contributed by atoms with van der Waals surface area (Å²) in [7, 11) is 0. The van der Waals surface area contributed by atoms with Gasteiger partial charge in [0.25, 0.3) is 5.56 Å². The minimum Gasteiger partial charge on any atom is -0.396 e. The largest absolute Gasteiger partial charge is 0.396 e. The number of nitriles is 3. The van der Waals surface area contributed by atoms with Crippen LogP contribution in [0.1, 0.15) is 16.8 Å². The Labute approximate surface area is 151 Å². The lowest BCUT2D eigenvalue weighted by molar-refractivity contribution is 1.09. The maximum absolute atomic E-state index is 12.6. The van der Waals surface area contributed by atoms with Gasteiger partial charge in [0.2, 0.25) is 0 Å². The van der Waals surface area contributed by atoms with Gasteiger partial charge < -0.3 is 5.73 Å². The SMILES string of the molecule is N#C/C(=N/Nc1ccccc1)c1csc2c(C#N)c(N)c(C#N)c(=O)n12. The van der Waals surface area contributed by atoms with Crippen LogP contribution in [-0.4, -0.2) is 10.1 Å². The highest BCUT2D eigenvalue weighted by molar-refractivity contribution is 7.16. The summed E-state index contributed by atoms with van der Waals surface area (Å²) in [6.07, 6.45) is 0. The van der Waals surface area contributed by atoms with Crippen molar-refractivity contribution in [3.8, 4) is 18.2 Å². The highest BCUT2D eigenvalue weighted by atomic mass is 32.1. The van der Waals surface area contributed by atoms with Crippen LogP contribution >= 0.6 is 11.3 Å². The van der Waals surface area contributed by atoms with Crippen molar-refractivity contribution in [1.29, 1.82) is 15.8 Å². The third-order valence-electron chi connectivity index (χ3n) is 3.54. The molecule has 2 aromatic heterocycles. The van der Waals surface area contributed by atoms with Crippen LogP contribution in [0.4, 0.5) is 11.4 Å². The highest BCUT2D eigenvalue weighted by Crippen LogP contribution is 2.25. The van der Waals surface area contributed by atoms with E-state index < -0.39 is 5.56 Å². The molecule has 0 atom stereocenters. The smallest absolute Gasteiger partial charge is 0.276 e. The first-order valence-corrected chi connectivity index (χ1v) is 8.05. The van der Waals surface area contributed by atoms with Gasteiger partial charge in [0.1, 0.15) is 34.2 Å². The summed E-state index contributed by atoms with van der Waals surface area (Å²) in [4.78, 5) is 12.9. The molecule has 0 saturated heterocycles. The van der Waals surface area contributed by atoms with E-state index in [1.165, 1.54) is 5.38 Å². The molecule has 0 fully saturated rings. The first-order valence-electron chi connectivity index (χ1n) is 7.17. The van der Waals surface area contributed by atoms with Crippen molar-refractivity contribution in [3.63, 3.8) is 0 Å². The maximum atomic E-state index is 12.6. The van der Waals surface area contributed by atoms with E-state index in [2.05, 4.69) is 10.5 Å². The number of benzene rings is 1. The molecular formula is C17H9N7OS. The summed E-state index contributed by atoms with van der Waals surface area (Å²) in [6.45, 7) is 0. The minimum atomic E-state index is -0.696. The molecule has 0 aliphatic carbocycles. The number of nitrogens with zero attached hydrogens (tertiary/aromatic N) is 5. The third-order valence-corrected chi connectivity index (χ3v) is 4.49. The Balaban J connectivity index is 2.23. The summed E-state index contributed by atoms with van der Waals surface area (Å²) >= 11 is 1.07. The van der Waals surface area contributed by atoms with Crippen LogP contribution in [0.2, 0.25) is 0 Å². The predicted molar refractivity (Wildman–Crippen MR) is 97.6 cm³/mol. The van der Waals surface area contributed by atoms with Gasteiger partial charge in [0.15, 0.2) is 5.71 Å². The van der Waals surface area contributed by atoms with E-state index in [9.17, 15) is 20.6 Å². The number of nitrogens with one attached hydrogen (secondary N) is 1. The van der Waals surface area contributed by atoms with Gasteiger partial charge in [-0.15, -0.1) is 11.3 Å². The Morgan fingerprint density at radius 1 is 1.15 bits per heavy atom. The van der Waals surface area contributed by atoms with Crippen molar-refractivity contribution in [2.75, 3.05) is 11.2 Å². The number of nitrogen functional groups attached to an aromatic ring is 1. The minimum absolute atomic E-state index is 0.0192. The molecule has 3 rings (SSSR count). The van der Waals surface area contributed by atoms with E-state index in [0.29, 0.717) is 5.69 Å². The van der Waals surface area contributed by atoms with Gasteiger partial charge in [-0.05, 0) is 12.1 Å². The van der Waals surface area contributed by atoms with E-state index in [1.807, 2.05) is 18.2 Å². The fourth-order valence-corrected chi connectivity index (χ4v) is 3.32.